The predicted octanol–water partition coefficient (Wildman–Crippen LogP) is 1.69. The molecule has 3 heterocycles. The highest BCUT2D eigenvalue weighted by Crippen LogP contribution is 2.18. The van der Waals surface area contributed by atoms with Crippen LogP contribution >= 0.6 is 0 Å². The summed E-state index contributed by atoms with van der Waals surface area (Å²) in [6, 6.07) is 3.69. The summed E-state index contributed by atoms with van der Waals surface area (Å²) in [4.78, 5) is 15.5. The van der Waals surface area contributed by atoms with E-state index in [1.165, 1.54) is 12.8 Å². The Hall–Kier alpha value is -1.68. The number of rotatable bonds is 3. The molecule has 0 radical (unpaired) electrons. The highest BCUT2D eigenvalue weighted by Gasteiger charge is 2.15. The Bertz CT molecular complexity index is 555. The first-order valence-corrected chi connectivity index (χ1v) is 6.49. The summed E-state index contributed by atoms with van der Waals surface area (Å²) < 4.78 is 1.94. The maximum Gasteiger partial charge on any atom is 0.153 e. The van der Waals surface area contributed by atoms with E-state index in [1.54, 1.807) is 0 Å². The highest BCUT2D eigenvalue weighted by atomic mass is 16.1. The lowest BCUT2D eigenvalue weighted by Crippen LogP contribution is -2.28. The molecule has 1 N–H and O–H groups in total. The number of hydrogen-bond acceptors (Lipinski definition) is 3. The van der Waals surface area contributed by atoms with Gasteiger partial charge in [-0.25, -0.2) is 4.98 Å². The number of nitrogens with one attached hydrogen (secondary N) is 1. The van der Waals surface area contributed by atoms with Crippen molar-refractivity contribution in [3.8, 4) is 0 Å². The number of aldehydes is 1. The molecule has 0 spiro atoms. The Morgan fingerprint density at radius 3 is 3.06 bits per heavy atom. The van der Waals surface area contributed by atoms with Gasteiger partial charge >= 0.3 is 0 Å². The van der Waals surface area contributed by atoms with Gasteiger partial charge in [0.15, 0.2) is 6.29 Å². The summed E-state index contributed by atoms with van der Waals surface area (Å²) in [5.74, 6) is 0.718. The maximum atomic E-state index is 11.0. The molecule has 0 saturated carbocycles. The molecular weight excluding hydrogens is 226 g/mol. The zero-order valence-electron chi connectivity index (χ0n) is 10.3. The third-order valence-corrected chi connectivity index (χ3v) is 3.65. The molecule has 3 rings (SSSR count). The first-order chi connectivity index (χ1) is 8.86. The first kappa shape index (κ1) is 11.4. The Morgan fingerprint density at radius 2 is 2.28 bits per heavy atom. The Balaban J connectivity index is 1.86. The highest BCUT2D eigenvalue weighted by molar-refractivity contribution is 5.84. The summed E-state index contributed by atoms with van der Waals surface area (Å²) >= 11 is 0. The lowest BCUT2D eigenvalue weighted by Gasteiger charge is -2.21. The molecule has 0 aliphatic carbocycles. The van der Waals surface area contributed by atoms with E-state index in [2.05, 4.69) is 10.3 Å². The fraction of sp³-hybridized carbons (Fsp3) is 0.429. The van der Waals surface area contributed by atoms with E-state index in [1.807, 2.05) is 28.9 Å². The second kappa shape index (κ2) is 4.90. The van der Waals surface area contributed by atoms with E-state index in [0.29, 0.717) is 5.56 Å². The van der Waals surface area contributed by atoms with Gasteiger partial charge in [0, 0.05) is 12.4 Å². The molecule has 2 aromatic heterocycles. The van der Waals surface area contributed by atoms with Crippen LogP contribution < -0.4 is 5.32 Å². The molecule has 4 heteroatoms. The van der Waals surface area contributed by atoms with Crippen molar-refractivity contribution in [1.82, 2.24) is 14.7 Å². The molecule has 1 fully saturated rings. The number of carbonyl (C=O) groups excluding carboxylic acids is 1. The lowest BCUT2D eigenvalue weighted by molar-refractivity contribution is 0.112. The SMILES string of the molecule is O=Cc1cccn2cc(CC3CCNCC3)nc12. The molecule has 0 bridgehead atoms. The topological polar surface area (TPSA) is 46.4 Å². The number of fused-ring (bicyclic) bond motifs is 1. The van der Waals surface area contributed by atoms with Gasteiger partial charge in [-0.15, -0.1) is 0 Å². The summed E-state index contributed by atoms with van der Waals surface area (Å²) in [5, 5.41) is 3.37. The summed E-state index contributed by atoms with van der Waals surface area (Å²) in [5.41, 5.74) is 2.53. The molecule has 18 heavy (non-hydrogen) atoms. The zero-order chi connectivity index (χ0) is 12.4. The molecule has 4 nitrogen and oxygen atoms in total. The van der Waals surface area contributed by atoms with Crippen LogP contribution in [0.15, 0.2) is 24.5 Å². The zero-order valence-corrected chi connectivity index (χ0v) is 10.3. The van der Waals surface area contributed by atoms with Crippen molar-refractivity contribution in [2.24, 2.45) is 5.92 Å². The van der Waals surface area contributed by atoms with E-state index >= 15 is 0 Å². The summed E-state index contributed by atoms with van der Waals surface area (Å²) in [7, 11) is 0. The lowest BCUT2D eigenvalue weighted by atomic mass is 9.93. The van der Waals surface area contributed by atoms with Crippen molar-refractivity contribution in [2.75, 3.05) is 13.1 Å². The van der Waals surface area contributed by atoms with Crippen molar-refractivity contribution in [2.45, 2.75) is 19.3 Å². The average Bonchev–Trinajstić information content (AvgIpc) is 2.82. The number of piperidine rings is 1. The van der Waals surface area contributed by atoms with Crippen molar-refractivity contribution in [1.29, 1.82) is 0 Å². The summed E-state index contributed by atoms with van der Waals surface area (Å²) in [6.07, 6.45) is 8.31. The van der Waals surface area contributed by atoms with Crippen molar-refractivity contribution >= 4 is 11.9 Å². The van der Waals surface area contributed by atoms with Gasteiger partial charge in [-0.1, -0.05) is 0 Å². The molecule has 1 aliphatic heterocycles. The van der Waals surface area contributed by atoms with Crippen LogP contribution in [-0.4, -0.2) is 28.8 Å². The second-order valence-electron chi connectivity index (χ2n) is 4.94. The van der Waals surface area contributed by atoms with Gasteiger partial charge in [0.25, 0.3) is 0 Å². The van der Waals surface area contributed by atoms with Gasteiger partial charge in [0.2, 0.25) is 0 Å². The number of aromatic nitrogens is 2. The number of imidazole rings is 1. The van der Waals surface area contributed by atoms with E-state index < -0.39 is 0 Å². The van der Waals surface area contributed by atoms with Crippen LogP contribution in [0.2, 0.25) is 0 Å². The molecule has 0 amide bonds. The Kier molecular flexibility index (Phi) is 3.11. The molecule has 1 aliphatic rings. The van der Waals surface area contributed by atoms with E-state index in [4.69, 9.17) is 0 Å². The molecule has 2 aromatic rings. The molecule has 0 aromatic carbocycles. The van der Waals surface area contributed by atoms with Gasteiger partial charge in [0.05, 0.1) is 11.3 Å². The van der Waals surface area contributed by atoms with Gasteiger partial charge in [0.1, 0.15) is 5.65 Å². The summed E-state index contributed by atoms with van der Waals surface area (Å²) in [6.45, 7) is 2.22. The number of hydrogen-bond donors (Lipinski definition) is 1. The molecule has 1 saturated heterocycles. The van der Waals surface area contributed by atoms with E-state index in [0.717, 1.165) is 43.1 Å². The molecular formula is C14H17N3O. The van der Waals surface area contributed by atoms with Crippen LogP contribution in [-0.2, 0) is 6.42 Å². The van der Waals surface area contributed by atoms with Crippen LogP contribution in [0.3, 0.4) is 0 Å². The minimum atomic E-state index is 0.661. The van der Waals surface area contributed by atoms with Crippen LogP contribution in [0.1, 0.15) is 28.9 Å². The smallest absolute Gasteiger partial charge is 0.153 e. The standard InChI is InChI=1S/C14H17N3O/c18-10-12-2-1-7-17-9-13(16-14(12)17)8-11-3-5-15-6-4-11/h1-2,7,9-11,15H,3-6,8H2. The minimum absolute atomic E-state index is 0.661. The van der Waals surface area contributed by atoms with Crippen molar-refractivity contribution in [3.05, 3.63) is 35.8 Å². The van der Waals surface area contributed by atoms with Gasteiger partial charge in [-0.3, -0.25) is 4.79 Å². The van der Waals surface area contributed by atoms with Crippen molar-refractivity contribution in [3.63, 3.8) is 0 Å². The van der Waals surface area contributed by atoms with Crippen LogP contribution in [0.4, 0.5) is 0 Å². The first-order valence-electron chi connectivity index (χ1n) is 6.49. The number of carbonyl (C=O) groups is 1. The van der Waals surface area contributed by atoms with Crippen molar-refractivity contribution < 1.29 is 4.79 Å². The molecule has 0 atom stereocenters. The normalized spacial score (nSPS) is 17.1. The van der Waals surface area contributed by atoms with E-state index in [9.17, 15) is 4.79 Å². The molecule has 94 valence electrons. The third-order valence-electron chi connectivity index (χ3n) is 3.65. The van der Waals surface area contributed by atoms with Crippen LogP contribution in [0, 0.1) is 5.92 Å². The molecule has 0 unspecified atom stereocenters. The van der Waals surface area contributed by atoms with Crippen LogP contribution in [0.25, 0.3) is 5.65 Å². The fourth-order valence-electron chi connectivity index (χ4n) is 2.66. The fourth-order valence-corrected chi connectivity index (χ4v) is 2.66. The maximum absolute atomic E-state index is 11.0. The average molecular weight is 243 g/mol. The Labute approximate surface area is 106 Å². The number of nitrogens with zero attached hydrogens (tertiary/aromatic N) is 2. The van der Waals surface area contributed by atoms with Crippen LogP contribution in [0.5, 0.6) is 0 Å². The minimum Gasteiger partial charge on any atom is -0.317 e. The second-order valence-corrected chi connectivity index (χ2v) is 4.94. The van der Waals surface area contributed by atoms with E-state index in [-0.39, 0.29) is 0 Å². The van der Waals surface area contributed by atoms with Gasteiger partial charge < -0.3 is 9.72 Å². The third kappa shape index (κ3) is 2.16. The number of pyridine rings is 1. The largest absolute Gasteiger partial charge is 0.317 e. The Morgan fingerprint density at radius 1 is 1.44 bits per heavy atom. The monoisotopic (exact) mass is 243 g/mol. The van der Waals surface area contributed by atoms with Gasteiger partial charge in [-0.2, -0.15) is 0 Å². The van der Waals surface area contributed by atoms with Gasteiger partial charge in [-0.05, 0) is 50.4 Å². The quantitative estimate of drug-likeness (QED) is 0.834. The predicted molar refractivity (Wildman–Crippen MR) is 69.9 cm³/mol.